The molecule has 0 fully saturated rings. The van der Waals surface area contributed by atoms with Crippen molar-refractivity contribution in [2.24, 2.45) is 0 Å². The van der Waals surface area contributed by atoms with Crippen molar-refractivity contribution in [1.82, 2.24) is 29.5 Å². The van der Waals surface area contributed by atoms with Crippen LogP contribution in [-0.2, 0) is 17.8 Å². The van der Waals surface area contributed by atoms with Crippen molar-refractivity contribution in [3.8, 4) is 5.69 Å². The molecule has 1 aliphatic rings. The number of rotatable bonds is 8. The Labute approximate surface area is 167 Å². The first kappa shape index (κ1) is 20.5. The summed E-state index contributed by atoms with van der Waals surface area (Å²) in [6.45, 7) is 11.8. The molecule has 3 rings (SSSR count). The summed E-state index contributed by atoms with van der Waals surface area (Å²) in [5.74, 6) is 0.215. The van der Waals surface area contributed by atoms with E-state index >= 15 is 0 Å². The lowest BCUT2D eigenvalue weighted by Crippen LogP contribution is -2.44. The van der Waals surface area contributed by atoms with Gasteiger partial charge in [0.05, 0.1) is 17.9 Å². The minimum atomic E-state index is 0.215. The lowest BCUT2D eigenvalue weighted by atomic mass is 10.1. The molecule has 1 aliphatic heterocycles. The number of carbonyl (C=O) groups is 1. The molecular formula is C21H32N6O. The second-order valence-corrected chi connectivity index (χ2v) is 7.53. The lowest BCUT2D eigenvalue weighted by molar-refractivity contribution is -0.132. The maximum Gasteiger partial charge on any atom is 0.236 e. The van der Waals surface area contributed by atoms with E-state index in [0.29, 0.717) is 6.54 Å². The maximum atomic E-state index is 12.8. The van der Waals surface area contributed by atoms with Crippen LogP contribution in [0, 0.1) is 6.92 Å². The fourth-order valence-electron chi connectivity index (χ4n) is 3.51. The molecule has 2 aromatic heterocycles. The summed E-state index contributed by atoms with van der Waals surface area (Å²) in [5.41, 5.74) is 4.35. The van der Waals surface area contributed by atoms with Gasteiger partial charge < -0.3 is 9.80 Å². The van der Waals surface area contributed by atoms with E-state index in [0.717, 1.165) is 62.8 Å². The van der Waals surface area contributed by atoms with Gasteiger partial charge in [-0.1, -0.05) is 6.92 Å². The third-order valence-corrected chi connectivity index (χ3v) is 5.47. The van der Waals surface area contributed by atoms with Gasteiger partial charge in [0.15, 0.2) is 0 Å². The van der Waals surface area contributed by atoms with Gasteiger partial charge in [-0.3, -0.25) is 14.7 Å². The van der Waals surface area contributed by atoms with Gasteiger partial charge in [0.1, 0.15) is 0 Å². The van der Waals surface area contributed by atoms with E-state index < -0.39 is 0 Å². The summed E-state index contributed by atoms with van der Waals surface area (Å²) < 4.78 is 1.93. The lowest BCUT2D eigenvalue weighted by Gasteiger charge is -2.29. The molecule has 0 unspecified atom stereocenters. The highest BCUT2D eigenvalue weighted by Gasteiger charge is 2.23. The predicted octanol–water partition coefficient (Wildman–Crippen LogP) is 1.73. The minimum absolute atomic E-state index is 0.215. The van der Waals surface area contributed by atoms with Crippen molar-refractivity contribution in [2.45, 2.75) is 33.7 Å². The third-order valence-electron chi connectivity index (χ3n) is 5.47. The average molecular weight is 385 g/mol. The number of nitrogens with zero attached hydrogens (tertiary/aromatic N) is 6. The highest BCUT2D eigenvalue weighted by Crippen LogP contribution is 2.20. The van der Waals surface area contributed by atoms with Crippen molar-refractivity contribution in [3.63, 3.8) is 0 Å². The van der Waals surface area contributed by atoms with Crippen LogP contribution in [0.2, 0.25) is 0 Å². The molecule has 3 heterocycles. The molecule has 0 aliphatic carbocycles. The largest absolute Gasteiger partial charge is 0.341 e. The number of aryl methyl sites for hydroxylation is 1. The van der Waals surface area contributed by atoms with E-state index in [-0.39, 0.29) is 5.91 Å². The van der Waals surface area contributed by atoms with Crippen molar-refractivity contribution in [3.05, 3.63) is 41.5 Å². The number of hydrogen-bond donors (Lipinski definition) is 0. The normalized spacial score (nSPS) is 14.3. The van der Waals surface area contributed by atoms with E-state index in [1.54, 1.807) is 0 Å². The van der Waals surface area contributed by atoms with Crippen LogP contribution in [0.5, 0.6) is 0 Å². The second-order valence-electron chi connectivity index (χ2n) is 7.53. The average Bonchev–Trinajstić information content (AvgIpc) is 3.11. The first-order valence-electron chi connectivity index (χ1n) is 10.2. The van der Waals surface area contributed by atoms with Crippen LogP contribution in [-0.4, -0.2) is 81.7 Å². The van der Waals surface area contributed by atoms with Gasteiger partial charge in [0.2, 0.25) is 5.91 Å². The quantitative estimate of drug-likeness (QED) is 0.694. The Bertz CT molecular complexity index is 802. The molecule has 0 aromatic carbocycles. The number of fused-ring (bicyclic) bond motifs is 1. The van der Waals surface area contributed by atoms with Crippen LogP contribution in [0.25, 0.3) is 5.69 Å². The Hall–Kier alpha value is -2.25. The van der Waals surface area contributed by atoms with E-state index in [1.807, 2.05) is 34.8 Å². The molecule has 0 N–H and O–H groups in total. The molecule has 2 aromatic rings. The Kier molecular flexibility index (Phi) is 6.80. The Morgan fingerprint density at radius 1 is 1.25 bits per heavy atom. The minimum Gasteiger partial charge on any atom is -0.341 e. The fraction of sp³-hybridized carbons (Fsp3) is 0.571. The Balaban J connectivity index is 1.61. The van der Waals surface area contributed by atoms with Crippen LogP contribution in [0.4, 0.5) is 0 Å². The van der Waals surface area contributed by atoms with Crippen LogP contribution >= 0.6 is 0 Å². The van der Waals surface area contributed by atoms with Crippen LogP contribution < -0.4 is 0 Å². The van der Waals surface area contributed by atoms with Gasteiger partial charge in [-0.15, -0.1) is 0 Å². The third kappa shape index (κ3) is 4.97. The molecule has 1 amide bonds. The van der Waals surface area contributed by atoms with Crippen molar-refractivity contribution in [2.75, 3.05) is 46.3 Å². The molecule has 152 valence electrons. The summed E-state index contributed by atoms with van der Waals surface area (Å²) in [7, 11) is 2.09. The van der Waals surface area contributed by atoms with Gasteiger partial charge in [-0.25, -0.2) is 4.68 Å². The zero-order valence-electron chi connectivity index (χ0n) is 17.6. The molecule has 28 heavy (non-hydrogen) atoms. The number of likely N-dealkylation sites (N-methyl/N-ethyl adjacent to an activating group) is 2. The number of carbonyl (C=O) groups excluding carboxylic acids is 1. The molecule has 0 bridgehead atoms. The molecule has 0 spiro atoms. The molecule has 0 saturated carbocycles. The molecule has 7 heteroatoms. The number of aromatic nitrogens is 3. The van der Waals surface area contributed by atoms with Crippen molar-refractivity contribution in [1.29, 1.82) is 0 Å². The second kappa shape index (κ2) is 9.30. The van der Waals surface area contributed by atoms with Crippen LogP contribution in [0.15, 0.2) is 24.5 Å². The fourth-order valence-corrected chi connectivity index (χ4v) is 3.51. The Morgan fingerprint density at radius 3 is 2.79 bits per heavy atom. The van der Waals surface area contributed by atoms with Crippen molar-refractivity contribution >= 4 is 5.91 Å². The highest BCUT2D eigenvalue weighted by atomic mass is 16.2. The standard InChI is InChI=1S/C21H32N6O/c1-5-24(4)11-12-26(6-2)21(28)16-25-10-8-20-18(14-25)15-27(23-20)19-7-9-22-17(3)13-19/h7,9,13,15H,5-6,8,10-12,14,16H2,1-4H3. The Morgan fingerprint density at radius 2 is 2.07 bits per heavy atom. The highest BCUT2D eigenvalue weighted by molar-refractivity contribution is 5.78. The smallest absolute Gasteiger partial charge is 0.236 e. The van der Waals surface area contributed by atoms with Gasteiger partial charge in [-0.05, 0) is 39.6 Å². The van der Waals surface area contributed by atoms with E-state index in [1.165, 1.54) is 5.56 Å². The predicted molar refractivity (Wildman–Crippen MR) is 111 cm³/mol. The summed E-state index contributed by atoms with van der Waals surface area (Å²) in [6, 6.07) is 4.01. The first-order chi connectivity index (χ1) is 13.5. The summed E-state index contributed by atoms with van der Waals surface area (Å²) in [4.78, 5) is 23.4. The summed E-state index contributed by atoms with van der Waals surface area (Å²) in [5, 5.41) is 4.75. The topological polar surface area (TPSA) is 57.5 Å². The molecule has 0 atom stereocenters. The SMILES string of the molecule is CCN(C)CCN(CC)C(=O)CN1CCc2nn(-c3ccnc(C)c3)cc2C1. The molecule has 0 radical (unpaired) electrons. The maximum absolute atomic E-state index is 12.8. The summed E-state index contributed by atoms with van der Waals surface area (Å²) in [6.07, 6.45) is 4.78. The van der Waals surface area contributed by atoms with Crippen LogP contribution in [0.1, 0.15) is 30.8 Å². The van der Waals surface area contributed by atoms with Gasteiger partial charge in [0.25, 0.3) is 0 Å². The number of hydrogen-bond acceptors (Lipinski definition) is 5. The zero-order chi connectivity index (χ0) is 20.1. The van der Waals surface area contributed by atoms with Gasteiger partial charge in [-0.2, -0.15) is 5.10 Å². The molecular weight excluding hydrogens is 352 g/mol. The molecule has 7 nitrogen and oxygen atoms in total. The van der Waals surface area contributed by atoms with Crippen molar-refractivity contribution < 1.29 is 4.79 Å². The zero-order valence-corrected chi connectivity index (χ0v) is 17.6. The first-order valence-corrected chi connectivity index (χ1v) is 10.2. The van der Waals surface area contributed by atoms with E-state index in [4.69, 9.17) is 5.10 Å². The number of pyridine rings is 1. The van der Waals surface area contributed by atoms with E-state index in [9.17, 15) is 4.79 Å². The summed E-state index contributed by atoms with van der Waals surface area (Å²) >= 11 is 0. The molecule has 0 saturated heterocycles. The van der Waals surface area contributed by atoms with Gasteiger partial charge >= 0.3 is 0 Å². The number of amides is 1. The van der Waals surface area contributed by atoms with Gasteiger partial charge in [0, 0.05) is 62.8 Å². The van der Waals surface area contributed by atoms with E-state index in [2.05, 4.69) is 41.9 Å². The van der Waals surface area contributed by atoms with Crippen LogP contribution in [0.3, 0.4) is 0 Å². The monoisotopic (exact) mass is 384 g/mol.